The van der Waals surface area contributed by atoms with Gasteiger partial charge in [-0.15, -0.1) is 0 Å². The monoisotopic (exact) mass is 382 g/mol. The van der Waals surface area contributed by atoms with Crippen LogP contribution in [0.1, 0.15) is 52.0 Å². The van der Waals surface area contributed by atoms with Crippen molar-refractivity contribution >= 4 is 17.7 Å². The fraction of sp³-hybridized carbons (Fsp3) is 0.650. The van der Waals surface area contributed by atoms with Crippen LogP contribution in [0.5, 0.6) is 0 Å². The number of likely N-dealkylation sites (tertiary alicyclic amines) is 1. The second kappa shape index (κ2) is 8.59. The van der Waals surface area contributed by atoms with Crippen LogP contribution in [-0.4, -0.2) is 41.3 Å². The van der Waals surface area contributed by atoms with Crippen molar-refractivity contribution in [3.63, 3.8) is 0 Å². The normalized spacial score (nSPS) is 20.5. The van der Waals surface area contributed by atoms with Crippen LogP contribution in [0.4, 0.5) is 4.79 Å². The number of nitrogens with zero attached hydrogens (tertiary/aromatic N) is 1. The van der Waals surface area contributed by atoms with Gasteiger partial charge in [0.25, 0.3) is 0 Å². The molecule has 2 atom stereocenters. The lowest BCUT2D eigenvalue weighted by atomic mass is 9.74. The Balaban J connectivity index is 2.23. The molecule has 1 fully saturated rings. The molecule has 1 amide bonds. The zero-order valence-corrected chi connectivity index (χ0v) is 16.8. The van der Waals surface area contributed by atoms with E-state index in [4.69, 9.17) is 22.1 Å². The van der Waals surface area contributed by atoms with Gasteiger partial charge in [0.05, 0.1) is 5.60 Å². The Bertz CT molecular complexity index is 617. The smallest absolute Gasteiger partial charge is 0.410 e. The lowest BCUT2D eigenvalue weighted by Gasteiger charge is -2.43. The van der Waals surface area contributed by atoms with E-state index in [2.05, 4.69) is 0 Å². The minimum absolute atomic E-state index is 0.0891. The molecule has 1 aromatic carbocycles. The maximum atomic E-state index is 12.5. The predicted molar refractivity (Wildman–Crippen MR) is 104 cm³/mol. The summed E-state index contributed by atoms with van der Waals surface area (Å²) in [6, 6.07) is 7.35. The number of benzene rings is 1. The van der Waals surface area contributed by atoms with E-state index in [9.17, 15) is 9.90 Å². The summed E-state index contributed by atoms with van der Waals surface area (Å²) in [4.78, 5) is 14.2. The summed E-state index contributed by atoms with van der Waals surface area (Å²) >= 11 is 6.16. The molecule has 0 radical (unpaired) electrons. The molecule has 0 aliphatic carbocycles. The Morgan fingerprint density at radius 1 is 1.42 bits per heavy atom. The molecule has 0 unspecified atom stereocenters. The number of hydrogen-bond acceptors (Lipinski definition) is 4. The summed E-state index contributed by atoms with van der Waals surface area (Å²) in [6.07, 6.45) is 2.58. The summed E-state index contributed by atoms with van der Waals surface area (Å²) in [5.74, 6) is -0.0891. The molecule has 146 valence electrons. The number of carbonyl (C=O) groups is 1. The zero-order valence-electron chi connectivity index (χ0n) is 16.0. The fourth-order valence-electron chi connectivity index (χ4n) is 3.57. The van der Waals surface area contributed by atoms with Gasteiger partial charge in [-0.2, -0.15) is 0 Å². The van der Waals surface area contributed by atoms with Crippen LogP contribution < -0.4 is 5.73 Å². The predicted octanol–water partition coefficient (Wildman–Crippen LogP) is 3.91. The van der Waals surface area contributed by atoms with E-state index < -0.39 is 11.2 Å². The van der Waals surface area contributed by atoms with Crippen molar-refractivity contribution in [2.75, 3.05) is 19.6 Å². The Morgan fingerprint density at radius 2 is 2.15 bits per heavy atom. The van der Waals surface area contributed by atoms with Gasteiger partial charge in [0, 0.05) is 24.0 Å². The molecule has 0 saturated carbocycles. The number of amides is 1. The van der Waals surface area contributed by atoms with E-state index in [0.29, 0.717) is 37.5 Å². The maximum Gasteiger partial charge on any atom is 0.410 e. The van der Waals surface area contributed by atoms with Gasteiger partial charge in [0.15, 0.2) is 0 Å². The molecule has 26 heavy (non-hydrogen) atoms. The van der Waals surface area contributed by atoms with Gasteiger partial charge in [-0.05, 0) is 70.7 Å². The van der Waals surface area contributed by atoms with Crippen molar-refractivity contribution in [2.45, 2.75) is 57.7 Å². The molecule has 0 bridgehead atoms. The Morgan fingerprint density at radius 3 is 2.77 bits per heavy atom. The standard InChI is InChI=1S/C20H31ClN2O3/c1-19(2,3)26-18(24)23-12-5-8-16(14-23)20(25,10-6-11-22)15-7-4-9-17(21)13-15/h4,7,9,13,16,25H,5-6,8,10-12,14,22H2,1-3H3/t16-,20-/m1/s1. The van der Waals surface area contributed by atoms with Gasteiger partial charge in [-0.1, -0.05) is 23.7 Å². The molecule has 3 N–H and O–H groups in total. The van der Waals surface area contributed by atoms with E-state index >= 15 is 0 Å². The highest BCUT2D eigenvalue weighted by Gasteiger charge is 2.41. The van der Waals surface area contributed by atoms with Crippen LogP contribution in [0.3, 0.4) is 0 Å². The largest absolute Gasteiger partial charge is 0.444 e. The van der Waals surface area contributed by atoms with E-state index in [1.54, 1.807) is 11.0 Å². The summed E-state index contributed by atoms with van der Waals surface area (Å²) < 4.78 is 5.51. The topological polar surface area (TPSA) is 75.8 Å². The first-order valence-corrected chi connectivity index (χ1v) is 9.70. The van der Waals surface area contributed by atoms with Crippen molar-refractivity contribution in [1.29, 1.82) is 0 Å². The SMILES string of the molecule is CC(C)(C)OC(=O)N1CCC[C@@H]([C@@](O)(CCCN)c2cccc(Cl)c2)C1. The van der Waals surface area contributed by atoms with E-state index in [0.717, 1.165) is 18.4 Å². The summed E-state index contributed by atoms with van der Waals surface area (Å²) in [5, 5.41) is 12.2. The highest BCUT2D eigenvalue weighted by molar-refractivity contribution is 6.30. The Labute approximate surface area is 161 Å². The van der Waals surface area contributed by atoms with E-state index in [-0.39, 0.29) is 12.0 Å². The molecule has 0 aromatic heterocycles. The number of nitrogens with two attached hydrogens (primary N) is 1. The van der Waals surface area contributed by atoms with Crippen LogP contribution in [0.25, 0.3) is 0 Å². The minimum atomic E-state index is -1.06. The third-order valence-electron chi connectivity index (χ3n) is 4.84. The lowest BCUT2D eigenvalue weighted by molar-refractivity contribution is -0.0630. The van der Waals surface area contributed by atoms with Gasteiger partial charge in [-0.3, -0.25) is 0 Å². The molecule has 1 saturated heterocycles. The number of hydrogen-bond donors (Lipinski definition) is 2. The number of aliphatic hydroxyl groups is 1. The summed E-state index contributed by atoms with van der Waals surface area (Å²) in [6.45, 7) is 7.18. The third kappa shape index (κ3) is 5.35. The van der Waals surface area contributed by atoms with Crippen molar-refractivity contribution in [3.8, 4) is 0 Å². The van der Waals surface area contributed by atoms with E-state index in [1.165, 1.54) is 0 Å². The molecule has 1 aromatic rings. The summed E-state index contributed by atoms with van der Waals surface area (Å²) in [7, 11) is 0. The minimum Gasteiger partial charge on any atom is -0.444 e. The number of rotatable bonds is 5. The molecule has 1 aliphatic rings. The lowest BCUT2D eigenvalue weighted by Crippen LogP contribution is -2.49. The van der Waals surface area contributed by atoms with Crippen LogP contribution >= 0.6 is 11.6 Å². The third-order valence-corrected chi connectivity index (χ3v) is 5.07. The zero-order chi connectivity index (χ0) is 19.4. The Hall–Kier alpha value is -1.30. The van der Waals surface area contributed by atoms with Gasteiger partial charge in [0.2, 0.25) is 0 Å². The quantitative estimate of drug-likeness (QED) is 0.809. The maximum absolute atomic E-state index is 12.5. The second-order valence-corrected chi connectivity index (χ2v) is 8.53. The van der Waals surface area contributed by atoms with Gasteiger partial charge in [0.1, 0.15) is 5.60 Å². The number of ether oxygens (including phenoxy) is 1. The molecule has 1 heterocycles. The van der Waals surface area contributed by atoms with Crippen LogP contribution in [-0.2, 0) is 10.3 Å². The van der Waals surface area contributed by atoms with Crippen molar-refractivity contribution in [3.05, 3.63) is 34.9 Å². The van der Waals surface area contributed by atoms with Crippen molar-refractivity contribution in [2.24, 2.45) is 11.7 Å². The molecule has 1 aliphatic heterocycles. The summed E-state index contributed by atoms with van der Waals surface area (Å²) in [5.41, 5.74) is 4.88. The van der Waals surface area contributed by atoms with Crippen LogP contribution in [0.2, 0.25) is 5.02 Å². The Kier molecular flexibility index (Phi) is 6.94. The van der Waals surface area contributed by atoms with Gasteiger partial charge in [-0.25, -0.2) is 4.79 Å². The highest BCUT2D eigenvalue weighted by atomic mass is 35.5. The molecule has 2 rings (SSSR count). The number of carbonyl (C=O) groups excluding carboxylic acids is 1. The second-order valence-electron chi connectivity index (χ2n) is 8.09. The van der Waals surface area contributed by atoms with E-state index in [1.807, 2.05) is 39.0 Å². The first-order valence-electron chi connectivity index (χ1n) is 9.32. The van der Waals surface area contributed by atoms with Crippen molar-refractivity contribution < 1.29 is 14.6 Å². The van der Waals surface area contributed by atoms with Crippen molar-refractivity contribution in [1.82, 2.24) is 4.90 Å². The van der Waals surface area contributed by atoms with Crippen LogP contribution in [0, 0.1) is 5.92 Å². The van der Waals surface area contributed by atoms with Gasteiger partial charge < -0.3 is 20.5 Å². The first-order chi connectivity index (χ1) is 12.2. The average molecular weight is 383 g/mol. The average Bonchev–Trinajstić information content (AvgIpc) is 2.58. The molecule has 0 spiro atoms. The molecular formula is C20H31ClN2O3. The molecular weight excluding hydrogens is 352 g/mol. The number of piperidine rings is 1. The fourth-order valence-corrected chi connectivity index (χ4v) is 3.76. The molecule has 5 nitrogen and oxygen atoms in total. The van der Waals surface area contributed by atoms with Gasteiger partial charge >= 0.3 is 6.09 Å². The number of halogens is 1. The highest BCUT2D eigenvalue weighted by Crippen LogP contribution is 2.40. The molecule has 6 heteroatoms. The van der Waals surface area contributed by atoms with Crippen LogP contribution in [0.15, 0.2) is 24.3 Å². The first kappa shape index (κ1) is 21.0.